The molecule has 1 rings (SSSR count). The first-order chi connectivity index (χ1) is 8.90. The molecule has 1 aromatic rings. The predicted molar refractivity (Wildman–Crippen MR) is 69.7 cm³/mol. The molecule has 102 valence electrons. The number of amides is 1. The molecule has 1 aromatic carbocycles. The minimum absolute atomic E-state index is 0.00214. The lowest BCUT2D eigenvalue weighted by Crippen LogP contribution is -2.31. The zero-order valence-corrected chi connectivity index (χ0v) is 10.1. The van der Waals surface area contributed by atoms with Gasteiger partial charge in [-0.3, -0.25) is 9.59 Å². The van der Waals surface area contributed by atoms with Gasteiger partial charge in [-0.05, 0) is 24.0 Å². The third-order valence-corrected chi connectivity index (χ3v) is 2.49. The van der Waals surface area contributed by atoms with E-state index in [0.29, 0.717) is 11.2 Å². The number of carbonyl (C=O) groups is 2. The molecule has 0 saturated heterocycles. The smallest absolute Gasteiger partial charge is 0.480 e. The Morgan fingerprint density at radius 2 is 1.84 bits per heavy atom. The Labute approximate surface area is 110 Å². The number of benzene rings is 1. The monoisotopic (exact) mass is 266 g/mol. The fraction of sp³-hybridized carbons (Fsp3) is 0.273. The Morgan fingerprint density at radius 1 is 1.26 bits per heavy atom. The fourth-order valence-electron chi connectivity index (χ4n) is 1.37. The molecule has 0 aliphatic carbocycles. The van der Waals surface area contributed by atoms with Gasteiger partial charge in [-0.25, -0.2) is 0 Å². The molecule has 0 unspecified atom stereocenters. The highest BCUT2D eigenvalue weighted by Gasteiger charge is 2.14. The van der Waals surface area contributed by atoms with Gasteiger partial charge in [0, 0.05) is 12.1 Å². The summed E-state index contributed by atoms with van der Waals surface area (Å²) >= 11 is 0. The van der Waals surface area contributed by atoms with Crippen molar-refractivity contribution in [2.75, 3.05) is 5.32 Å². The van der Waals surface area contributed by atoms with E-state index in [-0.39, 0.29) is 18.7 Å². The second-order valence-electron chi connectivity index (χ2n) is 4.03. The summed E-state index contributed by atoms with van der Waals surface area (Å²) in [6, 6.07) is 4.90. The molecule has 0 radical (unpaired) electrons. The number of hydrogen-bond donors (Lipinski definition) is 5. The van der Waals surface area contributed by atoms with Crippen molar-refractivity contribution in [3.8, 4) is 0 Å². The van der Waals surface area contributed by atoms with Crippen LogP contribution in [-0.2, 0) is 9.59 Å². The Morgan fingerprint density at radius 3 is 2.32 bits per heavy atom. The van der Waals surface area contributed by atoms with Gasteiger partial charge >= 0.3 is 13.1 Å². The number of aliphatic carboxylic acids is 1. The zero-order valence-electron chi connectivity index (χ0n) is 10.1. The van der Waals surface area contributed by atoms with Gasteiger partial charge in [-0.15, -0.1) is 0 Å². The van der Waals surface area contributed by atoms with Crippen LogP contribution in [0.3, 0.4) is 0 Å². The van der Waals surface area contributed by atoms with Crippen molar-refractivity contribution < 1.29 is 24.7 Å². The SMILES string of the molecule is N[C@@H](CCC(=O)Nc1ccc(B(O)O)cc1)C(=O)O. The molecule has 0 heterocycles. The van der Waals surface area contributed by atoms with Crippen LogP contribution < -0.4 is 16.5 Å². The van der Waals surface area contributed by atoms with E-state index in [4.69, 9.17) is 20.9 Å². The van der Waals surface area contributed by atoms with Crippen molar-refractivity contribution in [2.45, 2.75) is 18.9 Å². The summed E-state index contributed by atoms with van der Waals surface area (Å²) in [5.41, 5.74) is 6.07. The summed E-state index contributed by atoms with van der Waals surface area (Å²) in [4.78, 5) is 22.0. The van der Waals surface area contributed by atoms with E-state index in [1.54, 1.807) is 0 Å². The van der Waals surface area contributed by atoms with Crippen LogP contribution in [0.1, 0.15) is 12.8 Å². The molecule has 1 atom stereocenters. The Kier molecular flexibility index (Phi) is 5.49. The van der Waals surface area contributed by atoms with Crippen LogP contribution in [-0.4, -0.2) is 40.2 Å². The summed E-state index contributed by atoms with van der Waals surface area (Å²) in [5.74, 6) is -1.50. The average Bonchev–Trinajstić information content (AvgIpc) is 2.36. The number of carbonyl (C=O) groups excluding carboxylic acids is 1. The molecule has 0 aromatic heterocycles. The van der Waals surface area contributed by atoms with Gasteiger partial charge in [0.1, 0.15) is 6.04 Å². The Balaban J connectivity index is 2.46. The van der Waals surface area contributed by atoms with Crippen LogP contribution in [0, 0.1) is 0 Å². The van der Waals surface area contributed by atoms with Gasteiger partial charge < -0.3 is 26.2 Å². The number of carboxylic acid groups (broad SMARTS) is 1. The molecule has 0 fully saturated rings. The minimum Gasteiger partial charge on any atom is -0.480 e. The van der Waals surface area contributed by atoms with E-state index in [9.17, 15) is 9.59 Å². The molecule has 19 heavy (non-hydrogen) atoms. The maximum atomic E-state index is 11.5. The van der Waals surface area contributed by atoms with Crippen molar-refractivity contribution >= 4 is 30.1 Å². The highest BCUT2D eigenvalue weighted by molar-refractivity contribution is 6.58. The van der Waals surface area contributed by atoms with Crippen LogP contribution in [0.25, 0.3) is 0 Å². The third-order valence-electron chi connectivity index (χ3n) is 2.49. The molecule has 0 aliphatic rings. The molecule has 0 saturated carbocycles. The van der Waals surface area contributed by atoms with Crippen LogP contribution in [0.15, 0.2) is 24.3 Å². The average molecular weight is 266 g/mol. The zero-order chi connectivity index (χ0) is 14.4. The van der Waals surface area contributed by atoms with E-state index in [1.807, 2.05) is 0 Å². The first-order valence-corrected chi connectivity index (χ1v) is 5.64. The summed E-state index contributed by atoms with van der Waals surface area (Å²) in [5, 5.41) is 28.9. The molecule has 0 aliphatic heterocycles. The van der Waals surface area contributed by atoms with E-state index < -0.39 is 19.1 Å². The number of hydrogen-bond acceptors (Lipinski definition) is 5. The normalized spacial score (nSPS) is 11.7. The van der Waals surface area contributed by atoms with Gasteiger partial charge in [-0.1, -0.05) is 12.1 Å². The molecular weight excluding hydrogens is 251 g/mol. The lowest BCUT2D eigenvalue weighted by molar-refractivity contribution is -0.138. The second kappa shape index (κ2) is 6.88. The Bertz CT molecular complexity index is 449. The van der Waals surface area contributed by atoms with Gasteiger partial charge in [0.05, 0.1) is 0 Å². The number of nitrogens with two attached hydrogens (primary N) is 1. The van der Waals surface area contributed by atoms with Crippen LogP contribution in [0.5, 0.6) is 0 Å². The molecule has 7 nitrogen and oxygen atoms in total. The van der Waals surface area contributed by atoms with Gasteiger partial charge in [0.25, 0.3) is 0 Å². The first-order valence-electron chi connectivity index (χ1n) is 5.64. The molecular formula is C11H15BN2O5. The maximum Gasteiger partial charge on any atom is 0.488 e. The maximum absolute atomic E-state index is 11.5. The Hall–Kier alpha value is -1.90. The van der Waals surface area contributed by atoms with Crippen molar-refractivity contribution in [3.63, 3.8) is 0 Å². The highest BCUT2D eigenvalue weighted by atomic mass is 16.4. The topological polar surface area (TPSA) is 133 Å². The van der Waals surface area contributed by atoms with Crippen molar-refractivity contribution in [1.82, 2.24) is 0 Å². The summed E-state index contributed by atoms with van der Waals surface area (Å²) in [6.07, 6.45) is 0.0481. The van der Waals surface area contributed by atoms with Gasteiger partial charge in [0.15, 0.2) is 0 Å². The fourth-order valence-corrected chi connectivity index (χ4v) is 1.37. The summed E-state index contributed by atoms with van der Waals surface area (Å²) < 4.78 is 0. The van der Waals surface area contributed by atoms with Crippen LogP contribution in [0.2, 0.25) is 0 Å². The molecule has 0 spiro atoms. The van der Waals surface area contributed by atoms with E-state index in [0.717, 1.165) is 0 Å². The van der Waals surface area contributed by atoms with E-state index in [1.165, 1.54) is 24.3 Å². The number of carboxylic acids is 1. The van der Waals surface area contributed by atoms with Crippen LogP contribution in [0.4, 0.5) is 5.69 Å². The number of nitrogens with one attached hydrogen (secondary N) is 1. The predicted octanol–water partition coefficient (Wildman–Crippen LogP) is -1.50. The summed E-state index contributed by atoms with van der Waals surface area (Å²) in [7, 11) is -1.56. The molecule has 8 heteroatoms. The highest BCUT2D eigenvalue weighted by Crippen LogP contribution is 2.06. The van der Waals surface area contributed by atoms with Gasteiger partial charge in [-0.2, -0.15) is 0 Å². The van der Waals surface area contributed by atoms with Crippen molar-refractivity contribution in [2.24, 2.45) is 5.73 Å². The molecule has 6 N–H and O–H groups in total. The van der Waals surface area contributed by atoms with E-state index in [2.05, 4.69) is 5.32 Å². The number of anilines is 1. The molecule has 1 amide bonds. The number of rotatable bonds is 6. The summed E-state index contributed by atoms with van der Waals surface area (Å²) in [6.45, 7) is 0. The molecule has 0 bridgehead atoms. The quantitative estimate of drug-likeness (QED) is 0.398. The van der Waals surface area contributed by atoms with Crippen molar-refractivity contribution in [3.05, 3.63) is 24.3 Å². The third kappa shape index (κ3) is 5.08. The van der Waals surface area contributed by atoms with Crippen LogP contribution >= 0.6 is 0 Å². The van der Waals surface area contributed by atoms with Gasteiger partial charge in [0.2, 0.25) is 5.91 Å². The van der Waals surface area contributed by atoms with Crippen molar-refractivity contribution in [1.29, 1.82) is 0 Å². The second-order valence-corrected chi connectivity index (χ2v) is 4.03. The standard InChI is InChI=1S/C11H15BN2O5/c13-9(11(16)17)5-6-10(15)14-8-3-1-7(2-4-8)12(18)19/h1-4,9,18-19H,5-6,13H2,(H,14,15)(H,16,17)/t9-/m0/s1. The van der Waals surface area contributed by atoms with E-state index >= 15 is 0 Å². The minimum atomic E-state index is -1.56. The lowest BCUT2D eigenvalue weighted by atomic mass is 9.80. The largest absolute Gasteiger partial charge is 0.488 e. The lowest BCUT2D eigenvalue weighted by Gasteiger charge is -2.08. The first kappa shape index (κ1) is 15.2.